The molecule has 1 heterocycles. The molecule has 3 rings (SSSR count). The molecule has 1 aromatic heterocycles. The molecular weight excluding hydrogens is 264 g/mol. The number of rotatable bonds is 3. The summed E-state index contributed by atoms with van der Waals surface area (Å²) in [5.74, 6) is -0.0927. The van der Waals surface area contributed by atoms with E-state index in [0.717, 1.165) is 5.56 Å². The van der Waals surface area contributed by atoms with Crippen molar-refractivity contribution in [1.82, 2.24) is 5.16 Å². The summed E-state index contributed by atoms with van der Waals surface area (Å²) < 4.78 is 4.81. The number of benzene rings is 2. The van der Waals surface area contributed by atoms with Gasteiger partial charge in [-0.2, -0.15) is 5.26 Å². The maximum absolute atomic E-state index is 12.4. The summed E-state index contributed by atoms with van der Waals surface area (Å²) in [6.07, 6.45) is 1.49. The summed E-state index contributed by atoms with van der Waals surface area (Å²) in [7, 11) is 0. The van der Waals surface area contributed by atoms with E-state index < -0.39 is 0 Å². The second-order valence-corrected chi connectivity index (χ2v) is 4.48. The summed E-state index contributed by atoms with van der Waals surface area (Å²) in [5, 5.41) is 12.6. The molecular formula is C17H10N2O2. The van der Waals surface area contributed by atoms with E-state index in [1.807, 2.05) is 12.1 Å². The van der Waals surface area contributed by atoms with E-state index in [4.69, 9.17) is 9.78 Å². The van der Waals surface area contributed by atoms with Crippen LogP contribution in [0.5, 0.6) is 0 Å². The Kier molecular flexibility index (Phi) is 3.32. The number of nitriles is 1. The predicted molar refractivity (Wildman–Crippen MR) is 76.5 cm³/mol. The Hall–Kier alpha value is -3.19. The highest BCUT2D eigenvalue weighted by molar-refractivity contribution is 6.09. The van der Waals surface area contributed by atoms with Gasteiger partial charge < -0.3 is 4.52 Å². The zero-order chi connectivity index (χ0) is 14.7. The Bertz CT molecular complexity index is 813. The van der Waals surface area contributed by atoms with Gasteiger partial charge in [0, 0.05) is 22.8 Å². The second kappa shape index (κ2) is 5.43. The van der Waals surface area contributed by atoms with E-state index in [-0.39, 0.29) is 5.78 Å². The maximum atomic E-state index is 12.4. The third-order valence-electron chi connectivity index (χ3n) is 3.13. The quantitative estimate of drug-likeness (QED) is 0.686. The van der Waals surface area contributed by atoms with E-state index in [9.17, 15) is 4.79 Å². The molecule has 0 saturated heterocycles. The first-order valence-electron chi connectivity index (χ1n) is 6.33. The van der Waals surface area contributed by atoms with Gasteiger partial charge in [-0.25, -0.2) is 0 Å². The molecule has 4 nitrogen and oxygen atoms in total. The molecule has 100 valence electrons. The highest BCUT2D eigenvalue weighted by Gasteiger charge is 2.11. The van der Waals surface area contributed by atoms with Crippen molar-refractivity contribution in [3.05, 3.63) is 77.6 Å². The standard InChI is InChI=1S/C17H10N2O2/c18-11-12-4-6-13(7-5-12)17(20)15-3-1-2-14(10-15)16-8-9-21-19-16/h1-10H. The molecule has 0 radical (unpaired) electrons. The molecule has 0 unspecified atom stereocenters. The van der Waals surface area contributed by atoms with E-state index in [2.05, 4.69) is 5.16 Å². The minimum Gasteiger partial charge on any atom is -0.364 e. The zero-order valence-corrected chi connectivity index (χ0v) is 11.0. The van der Waals surface area contributed by atoms with Crippen molar-refractivity contribution in [1.29, 1.82) is 5.26 Å². The fourth-order valence-corrected chi connectivity index (χ4v) is 2.04. The number of ketones is 1. The number of nitrogens with zero attached hydrogens (tertiary/aromatic N) is 2. The van der Waals surface area contributed by atoms with Crippen LogP contribution in [0.15, 0.2) is 65.4 Å². The molecule has 0 amide bonds. The molecule has 0 bridgehead atoms. The molecule has 0 fully saturated rings. The summed E-state index contributed by atoms with van der Waals surface area (Å²) in [6.45, 7) is 0. The average Bonchev–Trinajstić information content (AvgIpc) is 3.09. The summed E-state index contributed by atoms with van der Waals surface area (Å²) in [4.78, 5) is 12.4. The summed E-state index contributed by atoms with van der Waals surface area (Å²) in [6, 6.07) is 17.6. The lowest BCUT2D eigenvalue weighted by Crippen LogP contribution is -2.01. The Balaban J connectivity index is 1.94. The van der Waals surface area contributed by atoms with Gasteiger partial charge in [0.25, 0.3) is 0 Å². The fourth-order valence-electron chi connectivity index (χ4n) is 2.04. The molecule has 0 atom stereocenters. The molecule has 21 heavy (non-hydrogen) atoms. The first-order valence-corrected chi connectivity index (χ1v) is 6.33. The van der Waals surface area contributed by atoms with Gasteiger partial charge in [0.15, 0.2) is 5.78 Å². The van der Waals surface area contributed by atoms with Crippen molar-refractivity contribution < 1.29 is 9.32 Å². The van der Waals surface area contributed by atoms with Crippen LogP contribution in [0.25, 0.3) is 11.3 Å². The van der Waals surface area contributed by atoms with Crippen molar-refractivity contribution in [2.75, 3.05) is 0 Å². The molecule has 0 aliphatic carbocycles. The number of hydrogen-bond acceptors (Lipinski definition) is 4. The molecule has 0 aliphatic rings. The van der Waals surface area contributed by atoms with Crippen LogP contribution >= 0.6 is 0 Å². The van der Waals surface area contributed by atoms with E-state index in [1.165, 1.54) is 6.26 Å². The van der Waals surface area contributed by atoms with Crippen LogP contribution in [0.1, 0.15) is 21.5 Å². The van der Waals surface area contributed by atoms with Crippen LogP contribution in [0.4, 0.5) is 0 Å². The van der Waals surface area contributed by atoms with Crippen molar-refractivity contribution in [2.45, 2.75) is 0 Å². The number of carbonyl (C=O) groups is 1. The van der Waals surface area contributed by atoms with Gasteiger partial charge in [0.05, 0.1) is 11.6 Å². The SMILES string of the molecule is N#Cc1ccc(C(=O)c2cccc(-c3ccon3)c2)cc1. The van der Waals surface area contributed by atoms with Crippen LogP contribution in [-0.2, 0) is 0 Å². The predicted octanol–water partition coefficient (Wildman–Crippen LogP) is 3.44. The topological polar surface area (TPSA) is 66.9 Å². The number of carbonyl (C=O) groups excluding carboxylic acids is 1. The Morgan fingerprint density at radius 2 is 1.86 bits per heavy atom. The summed E-state index contributed by atoms with van der Waals surface area (Å²) in [5.41, 5.74) is 3.15. The normalized spacial score (nSPS) is 10.0. The van der Waals surface area contributed by atoms with Crippen LogP contribution in [0.2, 0.25) is 0 Å². The second-order valence-electron chi connectivity index (χ2n) is 4.48. The third-order valence-corrected chi connectivity index (χ3v) is 3.13. The fraction of sp³-hybridized carbons (Fsp3) is 0. The van der Waals surface area contributed by atoms with Gasteiger partial charge in [0.1, 0.15) is 12.0 Å². The molecule has 0 N–H and O–H groups in total. The lowest BCUT2D eigenvalue weighted by molar-refractivity contribution is 0.103. The van der Waals surface area contributed by atoms with Gasteiger partial charge in [-0.3, -0.25) is 4.79 Å². The monoisotopic (exact) mass is 274 g/mol. The molecule has 0 spiro atoms. The van der Waals surface area contributed by atoms with Gasteiger partial charge in [0.2, 0.25) is 0 Å². The Morgan fingerprint density at radius 1 is 1.05 bits per heavy atom. The maximum Gasteiger partial charge on any atom is 0.193 e. The lowest BCUT2D eigenvalue weighted by atomic mass is 9.99. The van der Waals surface area contributed by atoms with Gasteiger partial charge in [-0.1, -0.05) is 23.4 Å². The van der Waals surface area contributed by atoms with E-state index >= 15 is 0 Å². The number of aromatic nitrogens is 1. The van der Waals surface area contributed by atoms with Crippen LogP contribution in [0.3, 0.4) is 0 Å². The molecule has 2 aromatic carbocycles. The van der Waals surface area contributed by atoms with E-state index in [0.29, 0.717) is 22.4 Å². The molecule has 0 saturated carbocycles. The Labute approximate surface area is 121 Å². The van der Waals surface area contributed by atoms with Crippen molar-refractivity contribution >= 4 is 5.78 Å². The minimum atomic E-state index is -0.0927. The van der Waals surface area contributed by atoms with Crippen molar-refractivity contribution in [3.63, 3.8) is 0 Å². The highest BCUT2D eigenvalue weighted by Crippen LogP contribution is 2.20. The van der Waals surface area contributed by atoms with Crippen LogP contribution < -0.4 is 0 Å². The summed E-state index contributed by atoms with van der Waals surface area (Å²) >= 11 is 0. The highest BCUT2D eigenvalue weighted by atomic mass is 16.5. The lowest BCUT2D eigenvalue weighted by Gasteiger charge is -2.03. The van der Waals surface area contributed by atoms with Crippen molar-refractivity contribution in [3.8, 4) is 17.3 Å². The Morgan fingerprint density at radius 3 is 2.52 bits per heavy atom. The average molecular weight is 274 g/mol. The third kappa shape index (κ3) is 2.58. The molecule has 4 heteroatoms. The minimum absolute atomic E-state index is 0.0927. The first kappa shape index (κ1) is 12.8. The zero-order valence-electron chi connectivity index (χ0n) is 11.0. The molecule has 3 aromatic rings. The van der Waals surface area contributed by atoms with Crippen molar-refractivity contribution in [2.24, 2.45) is 0 Å². The smallest absolute Gasteiger partial charge is 0.193 e. The molecule has 0 aliphatic heterocycles. The van der Waals surface area contributed by atoms with E-state index in [1.54, 1.807) is 48.5 Å². The van der Waals surface area contributed by atoms with Crippen LogP contribution in [0, 0.1) is 11.3 Å². The van der Waals surface area contributed by atoms with Gasteiger partial charge >= 0.3 is 0 Å². The van der Waals surface area contributed by atoms with Gasteiger partial charge in [-0.05, 0) is 30.3 Å². The van der Waals surface area contributed by atoms with Gasteiger partial charge in [-0.15, -0.1) is 0 Å². The van der Waals surface area contributed by atoms with Crippen LogP contribution in [-0.4, -0.2) is 10.9 Å². The first-order chi connectivity index (χ1) is 10.3. The number of hydrogen-bond donors (Lipinski definition) is 0. The largest absolute Gasteiger partial charge is 0.364 e.